The van der Waals surface area contributed by atoms with Crippen LogP contribution in [0.3, 0.4) is 0 Å². The standard InChI is InChI=1S/C9H9F2NO2/c1-14-8(13)4-5-6(10)2-3-7(11)9(5)12/h2-3H,4,12H2,1H3. The molecule has 0 fully saturated rings. The Labute approximate surface area is 79.5 Å². The third-order valence-corrected chi connectivity index (χ3v) is 1.80. The van der Waals surface area contributed by atoms with Crippen LogP contribution in [0, 0.1) is 11.6 Å². The number of nitrogens with two attached hydrogens (primary N) is 1. The minimum Gasteiger partial charge on any atom is -0.469 e. The van der Waals surface area contributed by atoms with Crippen molar-refractivity contribution in [3.63, 3.8) is 0 Å². The molecule has 0 saturated carbocycles. The highest BCUT2D eigenvalue weighted by atomic mass is 19.1. The smallest absolute Gasteiger partial charge is 0.310 e. The first-order valence-corrected chi connectivity index (χ1v) is 3.85. The van der Waals surface area contributed by atoms with Gasteiger partial charge in [0.1, 0.15) is 11.6 Å². The van der Waals surface area contributed by atoms with Gasteiger partial charge in [0.05, 0.1) is 19.2 Å². The van der Waals surface area contributed by atoms with Crippen LogP contribution in [-0.2, 0) is 16.0 Å². The van der Waals surface area contributed by atoms with Crippen LogP contribution in [0.15, 0.2) is 12.1 Å². The summed E-state index contributed by atoms with van der Waals surface area (Å²) in [5.41, 5.74) is 4.74. The van der Waals surface area contributed by atoms with Crippen LogP contribution >= 0.6 is 0 Å². The minimum atomic E-state index is -0.745. The number of halogens is 2. The van der Waals surface area contributed by atoms with Crippen LogP contribution < -0.4 is 5.73 Å². The number of carbonyl (C=O) groups is 1. The molecule has 0 spiro atoms. The molecule has 0 saturated heterocycles. The van der Waals surface area contributed by atoms with Gasteiger partial charge in [-0.1, -0.05) is 0 Å². The molecule has 0 bridgehead atoms. The van der Waals surface area contributed by atoms with E-state index in [2.05, 4.69) is 4.74 Å². The van der Waals surface area contributed by atoms with Crippen LogP contribution in [0.4, 0.5) is 14.5 Å². The number of hydrogen-bond acceptors (Lipinski definition) is 3. The zero-order valence-corrected chi connectivity index (χ0v) is 7.51. The molecule has 0 aliphatic carbocycles. The maximum absolute atomic E-state index is 13.1. The molecule has 0 aromatic heterocycles. The van der Waals surface area contributed by atoms with E-state index in [1.54, 1.807) is 0 Å². The summed E-state index contributed by atoms with van der Waals surface area (Å²) in [4.78, 5) is 10.8. The fourth-order valence-electron chi connectivity index (χ4n) is 1.01. The Bertz CT molecular complexity index is 366. The first-order chi connectivity index (χ1) is 6.56. The van der Waals surface area contributed by atoms with Gasteiger partial charge in [0.25, 0.3) is 0 Å². The van der Waals surface area contributed by atoms with E-state index in [1.807, 2.05) is 0 Å². The Morgan fingerprint density at radius 3 is 2.57 bits per heavy atom. The average Bonchev–Trinajstić information content (AvgIpc) is 2.18. The van der Waals surface area contributed by atoms with E-state index in [9.17, 15) is 13.6 Å². The third-order valence-electron chi connectivity index (χ3n) is 1.80. The van der Waals surface area contributed by atoms with Gasteiger partial charge in [-0.3, -0.25) is 4.79 Å². The third kappa shape index (κ3) is 1.99. The number of esters is 1. The highest BCUT2D eigenvalue weighted by molar-refractivity contribution is 5.74. The lowest BCUT2D eigenvalue weighted by molar-refractivity contribution is -0.139. The molecule has 1 aromatic rings. The van der Waals surface area contributed by atoms with E-state index in [0.29, 0.717) is 0 Å². The summed E-state index contributed by atoms with van der Waals surface area (Å²) >= 11 is 0. The molecule has 1 aromatic carbocycles. The summed E-state index contributed by atoms with van der Waals surface area (Å²) in [6.45, 7) is 0. The summed E-state index contributed by atoms with van der Waals surface area (Å²) in [5, 5.41) is 0. The normalized spacial score (nSPS) is 9.93. The fourth-order valence-corrected chi connectivity index (χ4v) is 1.01. The molecule has 76 valence electrons. The van der Waals surface area contributed by atoms with Gasteiger partial charge in [-0.25, -0.2) is 8.78 Å². The van der Waals surface area contributed by atoms with E-state index in [4.69, 9.17) is 5.73 Å². The largest absolute Gasteiger partial charge is 0.469 e. The van der Waals surface area contributed by atoms with Gasteiger partial charge >= 0.3 is 5.97 Å². The van der Waals surface area contributed by atoms with Gasteiger partial charge in [0.15, 0.2) is 0 Å². The van der Waals surface area contributed by atoms with Crippen LogP contribution in [0.5, 0.6) is 0 Å². The van der Waals surface area contributed by atoms with Gasteiger partial charge < -0.3 is 10.5 Å². The Morgan fingerprint density at radius 1 is 1.43 bits per heavy atom. The van der Waals surface area contributed by atoms with E-state index in [1.165, 1.54) is 0 Å². The highest BCUT2D eigenvalue weighted by Gasteiger charge is 2.14. The first-order valence-electron chi connectivity index (χ1n) is 3.85. The second kappa shape index (κ2) is 4.04. The van der Waals surface area contributed by atoms with Crippen LogP contribution in [0.25, 0.3) is 0 Å². The molecule has 0 atom stereocenters. The molecule has 0 aliphatic rings. The van der Waals surface area contributed by atoms with Crippen molar-refractivity contribution in [3.05, 3.63) is 29.3 Å². The Hall–Kier alpha value is -1.65. The average molecular weight is 201 g/mol. The van der Waals surface area contributed by atoms with E-state index in [-0.39, 0.29) is 17.7 Å². The van der Waals surface area contributed by atoms with Gasteiger partial charge in [0, 0.05) is 5.56 Å². The number of methoxy groups -OCH3 is 1. The topological polar surface area (TPSA) is 52.3 Å². The molecule has 0 unspecified atom stereocenters. The van der Waals surface area contributed by atoms with Crippen molar-refractivity contribution in [2.45, 2.75) is 6.42 Å². The predicted octanol–water partition coefficient (Wildman–Crippen LogP) is 1.26. The molecular weight excluding hydrogens is 192 g/mol. The molecule has 1 rings (SSSR count). The number of hydrogen-bond donors (Lipinski definition) is 1. The van der Waals surface area contributed by atoms with Gasteiger partial charge in [0.2, 0.25) is 0 Å². The maximum atomic E-state index is 13.1. The predicted molar refractivity (Wildman–Crippen MR) is 46.5 cm³/mol. The zero-order chi connectivity index (χ0) is 10.7. The zero-order valence-electron chi connectivity index (χ0n) is 7.51. The van der Waals surface area contributed by atoms with Gasteiger partial charge in [-0.15, -0.1) is 0 Å². The Balaban J connectivity index is 3.06. The second-order valence-electron chi connectivity index (χ2n) is 2.67. The monoisotopic (exact) mass is 201 g/mol. The molecule has 2 N–H and O–H groups in total. The molecule has 0 aliphatic heterocycles. The summed E-state index contributed by atoms with van der Waals surface area (Å²) < 4.78 is 30.3. The van der Waals surface area contributed by atoms with Gasteiger partial charge in [-0.05, 0) is 12.1 Å². The lowest BCUT2D eigenvalue weighted by Crippen LogP contribution is -2.10. The number of ether oxygens (including phenoxy) is 1. The lowest BCUT2D eigenvalue weighted by atomic mass is 10.1. The number of anilines is 1. The summed E-state index contributed by atoms with van der Waals surface area (Å²) in [7, 11) is 1.16. The highest BCUT2D eigenvalue weighted by Crippen LogP contribution is 2.20. The Morgan fingerprint density at radius 2 is 2.00 bits per heavy atom. The molecule has 3 nitrogen and oxygen atoms in total. The molecule has 14 heavy (non-hydrogen) atoms. The van der Waals surface area contributed by atoms with E-state index >= 15 is 0 Å². The molecule has 0 radical (unpaired) electrons. The van der Waals surface area contributed by atoms with Crippen LogP contribution in [0.2, 0.25) is 0 Å². The second-order valence-corrected chi connectivity index (χ2v) is 2.67. The summed E-state index contributed by atoms with van der Waals surface area (Å²) in [5.74, 6) is -2.12. The molecular formula is C9H9F2NO2. The van der Waals surface area contributed by atoms with Crippen molar-refractivity contribution in [2.24, 2.45) is 0 Å². The number of benzene rings is 1. The number of carbonyl (C=O) groups excluding carboxylic acids is 1. The lowest BCUT2D eigenvalue weighted by Gasteiger charge is -2.06. The summed E-state index contributed by atoms with van der Waals surface area (Å²) in [6.07, 6.45) is -0.369. The fraction of sp³-hybridized carbons (Fsp3) is 0.222. The van der Waals surface area contributed by atoms with E-state index < -0.39 is 17.6 Å². The Kier molecular flexibility index (Phi) is 3.01. The maximum Gasteiger partial charge on any atom is 0.310 e. The first kappa shape index (κ1) is 10.4. The minimum absolute atomic E-state index is 0.170. The SMILES string of the molecule is COC(=O)Cc1c(F)ccc(F)c1N. The van der Waals surface area contributed by atoms with Crippen molar-refractivity contribution < 1.29 is 18.3 Å². The molecule has 0 heterocycles. The summed E-state index contributed by atoms with van der Waals surface area (Å²) in [6, 6.07) is 1.83. The van der Waals surface area contributed by atoms with Gasteiger partial charge in [-0.2, -0.15) is 0 Å². The van der Waals surface area contributed by atoms with Crippen molar-refractivity contribution in [1.82, 2.24) is 0 Å². The quantitative estimate of drug-likeness (QED) is 0.579. The van der Waals surface area contributed by atoms with E-state index in [0.717, 1.165) is 19.2 Å². The van der Waals surface area contributed by atoms with Crippen molar-refractivity contribution >= 4 is 11.7 Å². The number of rotatable bonds is 2. The van der Waals surface area contributed by atoms with Crippen LogP contribution in [0.1, 0.15) is 5.56 Å². The molecule has 0 amide bonds. The molecule has 5 heteroatoms. The number of nitrogen functional groups attached to an aromatic ring is 1. The van der Waals surface area contributed by atoms with Crippen LogP contribution in [-0.4, -0.2) is 13.1 Å². The van der Waals surface area contributed by atoms with Crippen molar-refractivity contribution in [1.29, 1.82) is 0 Å². The van der Waals surface area contributed by atoms with Crippen molar-refractivity contribution in [3.8, 4) is 0 Å². The van der Waals surface area contributed by atoms with Crippen molar-refractivity contribution in [2.75, 3.05) is 12.8 Å².